The topological polar surface area (TPSA) is 30.2 Å². The van der Waals surface area contributed by atoms with E-state index >= 15 is 0 Å². The average molecular weight is 283 g/mol. The number of furan rings is 1. The summed E-state index contributed by atoms with van der Waals surface area (Å²) >= 11 is 3.22. The zero-order chi connectivity index (χ0) is 11.5. The molecule has 0 atom stereocenters. The van der Waals surface area contributed by atoms with Gasteiger partial charge in [-0.2, -0.15) is 0 Å². The minimum absolute atomic E-state index is 0.136. The van der Waals surface area contributed by atoms with Gasteiger partial charge in [-0.25, -0.2) is 4.39 Å². The molecule has 0 aliphatic rings. The van der Waals surface area contributed by atoms with Gasteiger partial charge in [0.1, 0.15) is 5.82 Å². The highest BCUT2D eigenvalue weighted by Crippen LogP contribution is 2.19. The van der Waals surface area contributed by atoms with Gasteiger partial charge in [0.15, 0.2) is 5.76 Å². The second-order valence-electron chi connectivity index (χ2n) is 3.32. The van der Waals surface area contributed by atoms with Gasteiger partial charge in [-0.1, -0.05) is 12.1 Å². The van der Waals surface area contributed by atoms with Crippen LogP contribution in [0, 0.1) is 5.82 Å². The quantitative estimate of drug-likeness (QED) is 0.805. The van der Waals surface area contributed by atoms with Crippen LogP contribution in [0.15, 0.2) is 45.5 Å². The smallest absolute Gasteiger partial charge is 0.203 e. The first-order valence-corrected chi connectivity index (χ1v) is 5.47. The number of carbonyl (C=O) groups is 1. The molecule has 1 heterocycles. The highest BCUT2D eigenvalue weighted by Gasteiger charge is 2.14. The molecule has 0 bridgehead atoms. The summed E-state index contributed by atoms with van der Waals surface area (Å²) in [6.07, 6.45) is 1.65. The normalized spacial score (nSPS) is 10.4. The standard InChI is InChI=1S/C12H8BrFO2/c13-10-5-6-16-12(10)11(15)7-8-1-3-9(14)4-2-8/h1-6H,7H2. The summed E-state index contributed by atoms with van der Waals surface area (Å²) < 4.78 is 18.3. The molecule has 0 aliphatic carbocycles. The highest BCUT2D eigenvalue weighted by molar-refractivity contribution is 9.10. The Morgan fingerprint density at radius 2 is 1.94 bits per heavy atom. The molecule has 0 unspecified atom stereocenters. The molecule has 1 aromatic heterocycles. The fraction of sp³-hybridized carbons (Fsp3) is 0.0833. The van der Waals surface area contributed by atoms with E-state index in [1.54, 1.807) is 18.2 Å². The number of hydrogen-bond acceptors (Lipinski definition) is 2. The Morgan fingerprint density at radius 3 is 2.50 bits per heavy atom. The Labute approximate surface area is 100 Å². The Kier molecular flexibility index (Phi) is 3.19. The summed E-state index contributed by atoms with van der Waals surface area (Å²) in [6, 6.07) is 7.51. The van der Waals surface area contributed by atoms with Crippen LogP contribution >= 0.6 is 15.9 Å². The number of Topliss-reactive ketones (excluding diaryl/α,β-unsaturated/α-hetero) is 1. The third kappa shape index (κ3) is 2.39. The largest absolute Gasteiger partial charge is 0.460 e. The number of ketones is 1. The maximum Gasteiger partial charge on any atom is 0.203 e. The van der Waals surface area contributed by atoms with Crippen molar-refractivity contribution in [2.45, 2.75) is 6.42 Å². The molecule has 0 spiro atoms. The highest BCUT2D eigenvalue weighted by atomic mass is 79.9. The third-order valence-electron chi connectivity index (χ3n) is 2.15. The third-order valence-corrected chi connectivity index (χ3v) is 2.77. The predicted molar refractivity (Wildman–Crippen MR) is 60.8 cm³/mol. The van der Waals surface area contributed by atoms with Gasteiger partial charge in [0, 0.05) is 6.42 Å². The van der Waals surface area contributed by atoms with E-state index in [-0.39, 0.29) is 18.0 Å². The summed E-state index contributed by atoms with van der Waals surface area (Å²) in [6.45, 7) is 0. The number of rotatable bonds is 3. The van der Waals surface area contributed by atoms with E-state index in [1.807, 2.05) is 0 Å². The summed E-state index contributed by atoms with van der Waals surface area (Å²) in [7, 11) is 0. The summed E-state index contributed by atoms with van der Waals surface area (Å²) in [4.78, 5) is 11.8. The van der Waals surface area contributed by atoms with Gasteiger partial charge in [-0.3, -0.25) is 4.79 Å². The van der Waals surface area contributed by atoms with Crippen molar-refractivity contribution in [2.75, 3.05) is 0 Å². The van der Waals surface area contributed by atoms with Crippen molar-refractivity contribution in [3.63, 3.8) is 0 Å². The van der Waals surface area contributed by atoms with Crippen LogP contribution in [0.3, 0.4) is 0 Å². The molecule has 0 saturated heterocycles. The first-order chi connectivity index (χ1) is 7.66. The SMILES string of the molecule is O=C(Cc1ccc(F)cc1)c1occc1Br. The van der Waals surface area contributed by atoms with Gasteiger partial charge in [-0.05, 0) is 39.7 Å². The van der Waals surface area contributed by atoms with Crippen LogP contribution in [0.4, 0.5) is 4.39 Å². The van der Waals surface area contributed by atoms with Crippen molar-refractivity contribution in [3.8, 4) is 0 Å². The molecule has 0 aliphatic heterocycles. The first-order valence-electron chi connectivity index (χ1n) is 4.67. The maximum atomic E-state index is 12.7. The van der Waals surface area contributed by atoms with Gasteiger partial charge in [-0.15, -0.1) is 0 Å². The molecule has 1 aromatic carbocycles. The molecular weight excluding hydrogens is 275 g/mol. The van der Waals surface area contributed by atoms with Crippen LogP contribution < -0.4 is 0 Å². The molecule has 2 rings (SSSR count). The summed E-state index contributed by atoms with van der Waals surface area (Å²) in [5.41, 5.74) is 0.759. The van der Waals surface area contributed by atoms with E-state index in [4.69, 9.17) is 4.42 Å². The van der Waals surface area contributed by atoms with E-state index in [2.05, 4.69) is 15.9 Å². The van der Waals surface area contributed by atoms with Crippen molar-refractivity contribution < 1.29 is 13.6 Å². The zero-order valence-electron chi connectivity index (χ0n) is 8.24. The summed E-state index contributed by atoms with van der Waals surface area (Å²) in [5.74, 6) is -0.150. The lowest BCUT2D eigenvalue weighted by Gasteiger charge is -1.99. The molecule has 2 nitrogen and oxygen atoms in total. The van der Waals surface area contributed by atoms with Gasteiger partial charge in [0.25, 0.3) is 0 Å². The van der Waals surface area contributed by atoms with E-state index in [0.29, 0.717) is 10.2 Å². The second-order valence-corrected chi connectivity index (χ2v) is 4.18. The van der Waals surface area contributed by atoms with E-state index in [1.165, 1.54) is 18.4 Å². The van der Waals surface area contributed by atoms with Crippen molar-refractivity contribution in [1.82, 2.24) is 0 Å². The van der Waals surface area contributed by atoms with Gasteiger partial charge in [0.05, 0.1) is 10.7 Å². The fourth-order valence-corrected chi connectivity index (χ4v) is 1.78. The average Bonchev–Trinajstić information content (AvgIpc) is 2.68. The Morgan fingerprint density at radius 1 is 1.25 bits per heavy atom. The van der Waals surface area contributed by atoms with E-state index in [9.17, 15) is 9.18 Å². The molecule has 0 radical (unpaired) electrons. The van der Waals surface area contributed by atoms with E-state index in [0.717, 1.165) is 5.56 Å². The Hall–Kier alpha value is -1.42. The fourth-order valence-electron chi connectivity index (χ4n) is 1.36. The zero-order valence-corrected chi connectivity index (χ0v) is 9.83. The van der Waals surface area contributed by atoms with Crippen molar-refractivity contribution >= 4 is 21.7 Å². The monoisotopic (exact) mass is 282 g/mol. The number of carbonyl (C=O) groups excluding carboxylic acids is 1. The Bertz CT molecular complexity index is 502. The van der Waals surface area contributed by atoms with Crippen LogP contribution in [0.5, 0.6) is 0 Å². The molecular formula is C12H8BrFO2. The van der Waals surface area contributed by atoms with Gasteiger partial charge < -0.3 is 4.42 Å². The summed E-state index contributed by atoms with van der Waals surface area (Å²) in [5, 5.41) is 0. The van der Waals surface area contributed by atoms with Crippen LogP contribution in [0.25, 0.3) is 0 Å². The minimum atomic E-state index is -0.310. The van der Waals surface area contributed by atoms with E-state index < -0.39 is 0 Å². The number of halogens is 2. The predicted octanol–water partition coefficient (Wildman–Crippen LogP) is 3.61. The Balaban J connectivity index is 2.14. The molecule has 82 valence electrons. The van der Waals surface area contributed by atoms with Crippen LogP contribution in [0.1, 0.15) is 16.1 Å². The number of hydrogen-bond donors (Lipinski definition) is 0. The molecule has 16 heavy (non-hydrogen) atoms. The molecule has 0 N–H and O–H groups in total. The van der Waals surface area contributed by atoms with Crippen LogP contribution in [0.2, 0.25) is 0 Å². The molecule has 4 heteroatoms. The molecule has 0 saturated carbocycles. The van der Waals surface area contributed by atoms with Gasteiger partial charge in [0.2, 0.25) is 5.78 Å². The number of benzene rings is 1. The molecule has 0 fully saturated rings. The second kappa shape index (κ2) is 4.61. The van der Waals surface area contributed by atoms with Crippen LogP contribution in [-0.2, 0) is 6.42 Å². The van der Waals surface area contributed by atoms with Crippen molar-refractivity contribution in [3.05, 3.63) is 58.2 Å². The lowest BCUT2D eigenvalue weighted by molar-refractivity contribution is 0.0965. The van der Waals surface area contributed by atoms with Gasteiger partial charge >= 0.3 is 0 Å². The van der Waals surface area contributed by atoms with Crippen molar-refractivity contribution in [2.24, 2.45) is 0 Å². The van der Waals surface area contributed by atoms with Crippen molar-refractivity contribution in [1.29, 1.82) is 0 Å². The first kappa shape index (κ1) is 11.1. The van der Waals surface area contributed by atoms with Crippen LogP contribution in [-0.4, -0.2) is 5.78 Å². The molecule has 0 amide bonds. The minimum Gasteiger partial charge on any atom is -0.460 e. The maximum absolute atomic E-state index is 12.7. The lowest BCUT2D eigenvalue weighted by Crippen LogP contribution is -2.02. The molecule has 2 aromatic rings. The lowest BCUT2D eigenvalue weighted by atomic mass is 10.1.